The topological polar surface area (TPSA) is 63.2 Å². The molecule has 0 radical (unpaired) electrons. The van der Waals surface area contributed by atoms with Crippen molar-refractivity contribution in [2.24, 2.45) is 0 Å². The van der Waals surface area contributed by atoms with Crippen molar-refractivity contribution in [2.75, 3.05) is 43.6 Å². The van der Waals surface area contributed by atoms with Crippen molar-refractivity contribution in [1.29, 1.82) is 0 Å². The molecule has 1 aliphatic rings. The van der Waals surface area contributed by atoms with Gasteiger partial charge in [0.15, 0.2) is 5.16 Å². The summed E-state index contributed by atoms with van der Waals surface area (Å²) in [6, 6.07) is 0. The molecule has 1 fully saturated rings. The van der Waals surface area contributed by atoms with Crippen molar-refractivity contribution in [3.05, 3.63) is 0 Å². The molecule has 1 N–H and O–H groups in total. The van der Waals surface area contributed by atoms with Crippen molar-refractivity contribution < 1.29 is 4.74 Å². The molecule has 1 aliphatic heterocycles. The van der Waals surface area contributed by atoms with E-state index >= 15 is 0 Å². The van der Waals surface area contributed by atoms with Crippen LogP contribution < -0.4 is 10.2 Å². The third kappa shape index (κ3) is 4.21. The van der Waals surface area contributed by atoms with Gasteiger partial charge in [-0.3, -0.25) is 0 Å². The number of thioether (sulfide) groups is 1. The van der Waals surface area contributed by atoms with E-state index in [2.05, 4.69) is 45.9 Å². The molecule has 0 aromatic carbocycles. The Morgan fingerprint density at radius 2 is 1.84 bits per heavy atom. The van der Waals surface area contributed by atoms with Crippen LogP contribution in [0.15, 0.2) is 5.16 Å². The van der Waals surface area contributed by atoms with Gasteiger partial charge in [0.25, 0.3) is 0 Å². The minimum atomic E-state index is 0.0780. The zero-order valence-electron chi connectivity index (χ0n) is 11.9. The predicted molar refractivity (Wildman–Crippen MR) is 78.0 cm³/mol. The average molecular weight is 283 g/mol. The van der Waals surface area contributed by atoms with Crippen molar-refractivity contribution in [3.8, 4) is 0 Å². The first-order chi connectivity index (χ1) is 8.98. The molecule has 2 heterocycles. The summed E-state index contributed by atoms with van der Waals surface area (Å²) in [4.78, 5) is 15.5. The van der Waals surface area contributed by atoms with E-state index in [9.17, 15) is 0 Å². The Kier molecular flexibility index (Phi) is 4.46. The third-order valence-corrected chi connectivity index (χ3v) is 3.50. The van der Waals surface area contributed by atoms with Crippen LogP contribution in [0.1, 0.15) is 20.8 Å². The molecule has 0 unspecified atom stereocenters. The van der Waals surface area contributed by atoms with Gasteiger partial charge in [-0.2, -0.15) is 15.0 Å². The van der Waals surface area contributed by atoms with Crippen molar-refractivity contribution in [2.45, 2.75) is 30.7 Å². The second-order valence-electron chi connectivity index (χ2n) is 5.31. The SMILES string of the molecule is CNc1nc(SC(C)(C)C)nc(N2CCOCC2)n1. The highest BCUT2D eigenvalue weighted by molar-refractivity contribution is 8.00. The summed E-state index contributed by atoms with van der Waals surface area (Å²) in [5.74, 6) is 1.35. The van der Waals surface area contributed by atoms with Crippen molar-refractivity contribution in [3.63, 3.8) is 0 Å². The Labute approximate surface area is 118 Å². The van der Waals surface area contributed by atoms with E-state index in [1.165, 1.54) is 0 Å². The summed E-state index contributed by atoms with van der Waals surface area (Å²) in [6.07, 6.45) is 0. The number of nitrogens with one attached hydrogen (secondary N) is 1. The number of anilines is 2. The zero-order chi connectivity index (χ0) is 13.9. The molecule has 2 rings (SSSR count). The Morgan fingerprint density at radius 3 is 2.42 bits per heavy atom. The van der Waals surface area contributed by atoms with E-state index in [0.717, 1.165) is 37.4 Å². The molecule has 1 aromatic rings. The highest BCUT2D eigenvalue weighted by Crippen LogP contribution is 2.30. The molecule has 19 heavy (non-hydrogen) atoms. The molecule has 7 heteroatoms. The largest absolute Gasteiger partial charge is 0.378 e. The first-order valence-electron chi connectivity index (χ1n) is 6.43. The van der Waals surface area contributed by atoms with Crippen molar-refractivity contribution >= 4 is 23.7 Å². The monoisotopic (exact) mass is 283 g/mol. The van der Waals surface area contributed by atoms with Crippen LogP contribution >= 0.6 is 11.8 Å². The highest BCUT2D eigenvalue weighted by atomic mass is 32.2. The van der Waals surface area contributed by atoms with Gasteiger partial charge in [-0.1, -0.05) is 32.5 Å². The molecular formula is C12H21N5OS. The summed E-state index contributed by atoms with van der Waals surface area (Å²) in [5, 5.41) is 3.76. The van der Waals surface area contributed by atoms with Gasteiger partial charge < -0.3 is 15.0 Å². The maximum atomic E-state index is 5.35. The molecule has 0 spiro atoms. The van der Waals surface area contributed by atoms with Crippen LogP contribution in [-0.2, 0) is 4.74 Å². The van der Waals surface area contributed by atoms with Gasteiger partial charge in [0, 0.05) is 24.9 Å². The van der Waals surface area contributed by atoms with Gasteiger partial charge in [0.05, 0.1) is 13.2 Å². The standard InChI is InChI=1S/C12H21N5OS/c1-12(2,3)19-11-15-9(13-4)14-10(16-11)17-5-7-18-8-6-17/h5-8H2,1-4H3,(H,13,14,15,16). The van der Waals surface area contributed by atoms with Gasteiger partial charge in [-0.05, 0) is 0 Å². The molecular weight excluding hydrogens is 262 g/mol. The molecule has 0 aliphatic carbocycles. The number of hydrogen-bond acceptors (Lipinski definition) is 7. The van der Waals surface area contributed by atoms with E-state index in [1.54, 1.807) is 11.8 Å². The van der Waals surface area contributed by atoms with Crippen LogP contribution in [0.25, 0.3) is 0 Å². The Bertz CT molecular complexity index is 429. The van der Waals surface area contributed by atoms with E-state index in [-0.39, 0.29) is 4.75 Å². The summed E-state index contributed by atoms with van der Waals surface area (Å²) in [6.45, 7) is 9.54. The lowest BCUT2D eigenvalue weighted by Crippen LogP contribution is -2.37. The van der Waals surface area contributed by atoms with E-state index in [1.807, 2.05) is 7.05 Å². The molecule has 1 aromatic heterocycles. The number of hydrogen-bond donors (Lipinski definition) is 1. The summed E-state index contributed by atoms with van der Waals surface area (Å²) in [7, 11) is 1.82. The third-order valence-electron chi connectivity index (χ3n) is 2.52. The number of nitrogens with zero attached hydrogens (tertiary/aromatic N) is 4. The van der Waals surface area contributed by atoms with Crippen LogP contribution in [0.3, 0.4) is 0 Å². The molecule has 6 nitrogen and oxygen atoms in total. The van der Waals surface area contributed by atoms with Gasteiger partial charge in [0.2, 0.25) is 11.9 Å². The number of aromatic nitrogens is 3. The van der Waals surface area contributed by atoms with Crippen LogP contribution in [0.4, 0.5) is 11.9 Å². The van der Waals surface area contributed by atoms with Gasteiger partial charge in [-0.25, -0.2) is 0 Å². The lowest BCUT2D eigenvalue weighted by molar-refractivity contribution is 0.122. The molecule has 106 valence electrons. The summed E-state index contributed by atoms with van der Waals surface area (Å²) < 4.78 is 5.43. The Balaban J connectivity index is 2.24. The zero-order valence-corrected chi connectivity index (χ0v) is 12.8. The smallest absolute Gasteiger partial charge is 0.231 e. The maximum Gasteiger partial charge on any atom is 0.231 e. The van der Waals surface area contributed by atoms with E-state index in [0.29, 0.717) is 5.95 Å². The minimum Gasteiger partial charge on any atom is -0.378 e. The molecule has 1 saturated heterocycles. The molecule has 0 saturated carbocycles. The van der Waals surface area contributed by atoms with Gasteiger partial charge in [0.1, 0.15) is 0 Å². The summed E-state index contributed by atoms with van der Waals surface area (Å²) in [5.41, 5.74) is 0. The van der Waals surface area contributed by atoms with Gasteiger partial charge >= 0.3 is 0 Å². The van der Waals surface area contributed by atoms with Crippen LogP contribution in [0.5, 0.6) is 0 Å². The first kappa shape index (κ1) is 14.3. The average Bonchev–Trinajstić information content (AvgIpc) is 2.37. The molecule has 0 amide bonds. The van der Waals surface area contributed by atoms with E-state index in [4.69, 9.17) is 4.74 Å². The fourth-order valence-corrected chi connectivity index (χ4v) is 2.49. The second kappa shape index (κ2) is 5.92. The normalized spacial score (nSPS) is 16.5. The maximum absolute atomic E-state index is 5.35. The Morgan fingerprint density at radius 1 is 1.16 bits per heavy atom. The van der Waals surface area contributed by atoms with Crippen LogP contribution in [0, 0.1) is 0 Å². The first-order valence-corrected chi connectivity index (χ1v) is 7.25. The molecule has 0 atom stereocenters. The van der Waals surface area contributed by atoms with Crippen LogP contribution in [0.2, 0.25) is 0 Å². The lowest BCUT2D eigenvalue weighted by Gasteiger charge is -2.27. The fraction of sp³-hybridized carbons (Fsp3) is 0.750. The second-order valence-corrected chi connectivity index (χ2v) is 7.10. The molecule has 0 bridgehead atoms. The number of ether oxygens (including phenoxy) is 1. The fourth-order valence-electron chi connectivity index (χ4n) is 1.68. The number of morpholine rings is 1. The highest BCUT2D eigenvalue weighted by Gasteiger charge is 2.19. The van der Waals surface area contributed by atoms with Crippen molar-refractivity contribution in [1.82, 2.24) is 15.0 Å². The predicted octanol–water partition coefficient (Wildman–Crippen LogP) is 1.64. The van der Waals surface area contributed by atoms with Gasteiger partial charge in [-0.15, -0.1) is 0 Å². The number of rotatable bonds is 3. The van der Waals surface area contributed by atoms with E-state index < -0.39 is 0 Å². The minimum absolute atomic E-state index is 0.0780. The van der Waals surface area contributed by atoms with Crippen LogP contribution in [-0.4, -0.2) is 53.0 Å². The Hall–Kier alpha value is -1.08. The lowest BCUT2D eigenvalue weighted by atomic mass is 10.3. The summed E-state index contributed by atoms with van der Waals surface area (Å²) >= 11 is 1.65. The quantitative estimate of drug-likeness (QED) is 0.846.